The number of carbonyl (C=O) groups excluding carboxylic acids is 1. The van der Waals surface area contributed by atoms with Gasteiger partial charge in [-0.3, -0.25) is 14.7 Å². The average molecular weight is 525 g/mol. The van der Waals surface area contributed by atoms with Crippen molar-refractivity contribution in [3.05, 3.63) is 54.0 Å². The first kappa shape index (κ1) is 24.2. The van der Waals surface area contributed by atoms with Crippen LogP contribution in [-0.2, 0) is 11.2 Å². The van der Waals surface area contributed by atoms with Gasteiger partial charge >= 0.3 is 0 Å². The van der Waals surface area contributed by atoms with Gasteiger partial charge in [-0.25, -0.2) is 0 Å². The molecule has 2 heterocycles. The molecule has 1 aliphatic rings. The van der Waals surface area contributed by atoms with E-state index in [2.05, 4.69) is 25.8 Å². The van der Waals surface area contributed by atoms with Crippen molar-refractivity contribution in [2.24, 2.45) is 4.99 Å². The zero-order valence-corrected chi connectivity index (χ0v) is 20.0. The van der Waals surface area contributed by atoms with Crippen LogP contribution in [0.3, 0.4) is 0 Å². The number of likely N-dealkylation sites (tertiary alicyclic amines) is 1. The van der Waals surface area contributed by atoms with Crippen molar-refractivity contribution in [2.45, 2.75) is 32.2 Å². The zero-order valence-electron chi connectivity index (χ0n) is 17.7. The average Bonchev–Trinajstić information content (AvgIpc) is 3.42. The lowest BCUT2D eigenvalue weighted by atomic mass is 10.1. The number of furan rings is 1. The van der Waals surface area contributed by atoms with Crippen molar-refractivity contribution in [2.75, 3.05) is 38.5 Å². The maximum absolute atomic E-state index is 11.1. The molecule has 0 saturated carbocycles. The van der Waals surface area contributed by atoms with Crippen LogP contribution in [0.1, 0.15) is 37.1 Å². The molecule has 1 amide bonds. The van der Waals surface area contributed by atoms with Crippen molar-refractivity contribution < 1.29 is 9.21 Å². The predicted octanol–water partition coefficient (Wildman–Crippen LogP) is 3.40. The molecule has 8 heteroatoms. The molecule has 30 heavy (non-hydrogen) atoms. The van der Waals surface area contributed by atoms with Crippen LogP contribution in [0.4, 0.5) is 5.69 Å². The van der Waals surface area contributed by atoms with Crippen molar-refractivity contribution in [1.82, 2.24) is 15.5 Å². The van der Waals surface area contributed by atoms with Crippen LogP contribution in [-0.4, -0.2) is 50.0 Å². The van der Waals surface area contributed by atoms with Gasteiger partial charge in [0.25, 0.3) is 0 Å². The first-order chi connectivity index (χ1) is 14.2. The minimum atomic E-state index is -0.0592. The molecular weight excluding hydrogens is 493 g/mol. The number of aliphatic imine (C=N–C) groups is 1. The quantitative estimate of drug-likeness (QED) is 0.280. The summed E-state index contributed by atoms with van der Waals surface area (Å²) in [6.45, 7) is 5.24. The van der Waals surface area contributed by atoms with Gasteiger partial charge in [-0.2, -0.15) is 0 Å². The molecule has 3 N–H and O–H groups in total. The van der Waals surface area contributed by atoms with Crippen LogP contribution in [0.5, 0.6) is 0 Å². The molecule has 1 aliphatic heterocycles. The lowest BCUT2D eigenvalue weighted by Crippen LogP contribution is -2.43. The van der Waals surface area contributed by atoms with E-state index < -0.39 is 0 Å². The zero-order chi connectivity index (χ0) is 20.5. The molecule has 1 atom stereocenters. The number of nitrogens with one attached hydrogen (secondary N) is 3. The fraction of sp³-hybridized carbons (Fsp3) is 0.455. The Bertz CT molecular complexity index is 786. The molecule has 0 radical (unpaired) electrons. The van der Waals surface area contributed by atoms with Gasteiger partial charge in [0.05, 0.1) is 12.3 Å². The molecule has 0 spiro atoms. The van der Waals surface area contributed by atoms with E-state index in [1.165, 1.54) is 25.3 Å². The number of guanidine groups is 1. The van der Waals surface area contributed by atoms with E-state index in [0.717, 1.165) is 50.0 Å². The Labute approximate surface area is 195 Å². The summed E-state index contributed by atoms with van der Waals surface area (Å²) < 4.78 is 5.68. The number of hydrogen-bond acceptors (Lipinski definition) is 4. The number of rotatable bonds is 8. The first-order valence-corrected chi connectivity index (χ1v) is 10.2. The summed E-state index contributed by atoms with van der Waals surface area (Å²) in [4.78, 5) is 17.9. The second-order valence-corrected chi connectivity index (χ2v) is 7.28. The Kier molecular flexibility index (Phi) is 10.2. The predicted molar refractivity (Wildman–Crippen MR) is 131 cm³/mol. The number of benzene rings is 1. The number of anilines is 1. The summed E-state index contributed by atoms with van der Waals surface area (Å²) in [6, 6.07) is 12.1. The molecule has 0 aliphatic carbocycles. The highest BCUT2D eigenvalue weighted by Gasteiger charge is 2.25. The Balaban J connectivity index is 0.00000320. The van der Waals surface area contributed by atoms with Gasteiger partial charge in [-0.05, 0) is 62.2 Å². The van der Waals surface area contributed by atoms with Gasteiger partial charge in [0.15, 0.2) is 5.96 Å². The number of halogens is 1. The van der Waals surface area contributed by atoms with Crippen LogP contribution >= 0.6 is 24.0 Å². The number of carbonyl (C=O) groups is 1. The van der Waals surface area contributed by atoms with Crippen LogP contribution in [0.2, 0.25) is 0 Å². The third-order valence-electron chi connectivity index (χ3n) is 5.12. The number of hydrogen-bond donors (Lipinski definition) is 3. The van der Waals surface area contributed by atoms with E-state index in [0.29, 0.717) is 0 Å². The van der Waals surface area contributed by atoms with E-state index >= 15 is 0 Å². The second kappa shape index (κ2) is 12.6. The smallest absolute Gasteiger partial charge is 0.221 e. The van der Waals surface area contributed by atoms with E-state index in [4.69, 9.17) is 4.42 Å². The fourth-order valence-corrected chi connectivity index (χ4v) is 3.64. The third-order valence-corrected chi connectivity index (χ3v) is 5.12. The van der Waals surface area contributed by atoms with Crippen molar-refractivity contribution >= 4 is 41.5 Å². The number of nitrogens with zero attached hydrogens (tertiary/aromatic N) is 2. The normalized spacial score (nSPS) is 15.3. The highest BCUT2D eigenvalue weighted by Crippen LogP contribution is 2.24. The second-order valence-electron chi connectivity index (χ2n) is 7.28. The molecule has 1 saturated heterocycles. The van der Waals surface area contributed by atoms with E-state index in [1.807, 2.05) is 36.4 Å². The fourth-order valence-electron chi connectivity index (χ4n) is 3.64. The standard InChI is InChI=1S/C22H31N5O2.HI/c1-17(28)26-19-9-7-18(8-10-19)11-12-24-22(23-2)25-16-20(21-6-5-15-29-21)27-13-3-4-14-27;/h5-10,15,20H,3-4,11-14,16H2,1-2H3,(H,26,28)(H2,23,24,25);1H. The van der Waals surface area contributed by atoms with E-state index in [9.17, 15) is 4.79 Å². The number of amides is 1. The van der Waals surface area contributed by atoms with Gasteiger partial charge in [0.1, 0.15) is 5.76 Å². The maximum Gasteiger partial charge on any atom is 0.221 e. The van der Waals surface area contributed by atoms with Gasteiger partial charge in [0.2, 0.25) is 5.91 Å². The minimum absolute atomic E-state index is 0. The molecular formula is C22H32IN5O2. The molecule has 164 valence electrons. The monoisotopic (exact) mass is 525 g/mol. The lowest BCUT2D eigenvalue weighted by molar-refractivity contribution is -0.114. The SMILES string of the molecule is CN=C(NCCc1ccc(NC(C)=O)cc1)NCC(c1ccco1)N1CCCC1.I. The summed E-state index contributed by atoms with van der Waals surface area (Å²) in [7, 11) is 1.79. The van der Waals surface area contributed by atoms with Gasteiger partial charge in [-0.15, -0.1) is 24.0 Å². The molecule has 1 unspecified atom stereocenters. The van der Waals surface area contributed by atoms with Crippen molar-refractivity contribution in [3.8, 4) is 0 Å². The maximum atomic E-state index is 11.1. The topological polar surface area (TPSA) is 81.9 Å². The van der Waals surface area contributed by atoms with Crippen molar-refractivity contribution in [3.63, 3.8) is 0 Å². The lowest BCUT2D eigenvalue weighted by Gasteiger charge is -2.26. The molecule has 7 nitrogen and oxygen atoms in total. The summed E-state index contributed by atoms with van der Waals surface area (Å²) in [5, 5.41) is 9.60. The Morgan fingerprint density at radius 2 is 1.90 bits per heavy atom. The largest absolute Gasteiger partial charge is 0.468 e. The molecule has 1 aromatic carbocycles. The summed E-state index contributed by atoms with van der Waals surface area (Å²) in [5.74, 6) is 1.72. The molecule has 1 aromatic heterocycles. The van der Waals surface area contributed by atoms with Gasteiger partial charge < -0.3 is 20.4 Å². The van der Waals surface area contributed by atoms with Crippen LogP contribution in [0, 0.1) is 0 Å². The highest BCUT2D eigenvalue weighted by molar-refractivity contribution is 14.0. The van der Waals surface area contributed by atoms with Crippen LogP contribution in [0.25, 0.3) is 0 Å². The highest BCUT2D eigenvalue weighted by atomic mass is 127. The minimum Gasteiger partial charge on any atom is -0.468 e. The molecule has 3 rings (SSSR count). The van der Waals surface area contributed by atoms with E-state index in [-0.39, 0.29) is 35.9 Å². The summed E-state index contributed by atoms with van der Waals surface area (Å²) in [6.07, 6.45) is 5.09. The van der Waals surface area contributed by atoms with Crippen LogP contribution in [0.15, 0.2) is 52.1 Å². The summed E-state index contributed by atoms with van der Waals surface area (Å²) in [5.41, 5.74) is 2.02. The molecule has 0 bridgehead atoms. The van der Waals surface area contributed by atoms with Crippen molar-refractivity contribution in [1.29, 1.82) is 0 Å². The van der Waals surface area contributed by atoms with Gasteiger partial charge in [0, 0.05) is 32.7 Å². The molecule has 1 fully saturated rings. The van der Waals surface area contributed by atoms with Gasteiger partial charge in [-0.1, -0.05) is 12.1 Å². The van der Waals surface area contributed by atoms with Crippen LogP contribution < -0.4 is 16.0 Å². The third kappa shape index (κ3) is 7.32. The Hall–Kier alpha value is -2.07. The Morgan fingerprint density at radius 3 is 2.50 bits per heavy atom. The first-order valence-electron chi connectivity index (χ1n) is 10.2. The Morgan fingerprint density at radius 1 is 1.17 bits per heavy atom. The molecule has 2 aromatic rings. The summed E-state index contributed by atoms with van der Waals surface area (Å²) >= 11 is 0. The van der Waals surface area contributed by atoms with E-state index in [1.54, 1.807) is 13.3 Å².